The molecule has 0 aliphatic carbocycles. The van der Waals surface area contributed by atoms with Crippen molar-refractivity contribution in [1.82, 2.24) is 5.32 Å². The van der Waals surface area contributed by atoms with Crippen LogP contribution in [0.15, 0.2) is 0 Å². The van der Waals surface area contributed by atoms with E-state index in [1.54, 1.807) is 0 Å². The number of ether oxygens (including phenoxy) is 1. The first-order valence-corrected chi connectivity index (χ1v) is 3.95. The summed E-state index contributed by atoms with van der Waals surface area (Å²) in [4.78, 5) is 10.6. The van der Waals surface area contributed by atoms with Crippen LogP contribution in [0.2, 0.25) is 0 Å². The van der Waals surface area contributed by atoms with E-state index in [-0.39, 0.29) is 12.5 Å². The molecule has 0 aromatic heterocycles. The molecule has 1 heterocycles. The first-order valence-electron chi connectivity index (χ1n) is 3.95. The van der Waals surface area contributed by atoms with Gasteiger partial charge in [-0.3, -0.25) is 4.79 Å². The monoisotopic (exact) mass is 191 g/mol. The smallest absolute Gasteiger partial charge is 0.218 e. The lowest BCUT2D eigenvalue weighted by Gasteiger charge is -2.35. The third-order valence-corrected chi connectivity index (χ3v) is 1.85. The lowest BCUT2D eigenvalue weighted by atomic mass is 10.0. The molecule has 0 radical (unpaired) electrons. The fourth-order valence-corrected chi connectivity index (χ4v) is 1.13. The molecule has 1 saturated heterocycles. The maximum Gasteiger partial charge on any atom is 0.218 e. The summed E-state index contributed by atoms with van der Waals surface area (Å²) in [6.07, 6.45) is -4.64. The van der Waals surface area contributed by atoms with Crippen LogP contribution >= 0.6 is 0 Å². The summed E-state index contributed by atoms with van der Waals surface area (Å²) >= 11 is 0. The number of nitrogens with one attached hydrogen (secondary N) is 1. The summed E-state index contributed by atoms with van der Waals surface area (Å²) in [5.41, 5.74) is 0. The zero-order valence-electron chi connectivity index (χ0n) is 7.17. The fraction of sp³-hybridized carbons (Fsp3) is 0.857. The van der Waals surface area contributed by atoms with Crippen molar-refractivity contribution in [2.45, 2.75) is 31.5 Å². The highest BCUT2D eigenvalue weighted by Crippen LogP contribution is 2.13. The topological polar surface area (TPSA) is 99.0 Å². The quantitative estimate of drug-likeness (QED) is 0.369. The van der Waals surface area contributed by atoms with Crippen molar-refractivity contribution in [3.05, 3.63) is 0 Å². The van der Waals surface area contributed by atoms with Gasteiger partial charge in [0.25, 0.3) is 0 Å². The van der Waals surface area contributed by atoms with Crippen LogP contribution in [0.5, 0.6) is 0 Å². The summed E-state index contributed by atoms with van der Waals surface area (Å²) in [5.74, 6) is -0.368. The van der Waals surface area contributed by atoms with Crippen molar-refractivity contribution in [2.75, 3.05) is 6.61 Å². The predicted octanol–water partition coefficient (Wildman–Crippen LogP) is -2.44. The Morgan fingerprint density at radius 2 is 2.00 bits per heavy atom. The van der Waals surface area contributed by atoms with Crippen LogP contribution in [0.25, 0.3) is 0 Å². The van der Waals surface area contributed by atoms with Crippen LogP contribution in [0, 0.1) is 0 Å². The molecule has 0 aromatic carbocycles. The number of amides is 1. The second kappa shape index (κ2) is 4.01. The average Bonchev–Trinajstić information content (AvgIpc) is 2.06. The lowest BCUT2D eigenvalue weighted by Crippen LogP contribution is -2.58. The highest BCUT2D eigenvalue weighted by atomic mass is 16.5. The van der Waals surface area contributed by atoms with Crippen molar-refractivity contribution in [1.29, 1.82) is 0 Å². The molecule has 1 amide bonds. The molecule has 4 N–H and O–H groups in total. The maximum absolute atomic E-state index is 10.6. The van der Waals surface area contributed by atoms with E-state index in [0.717, 1.165) is 0 Å². The lowest BCUT2D eigenvalue weighted by molar-refractivity contribution is -0.196. The molecule has 0 unspecified atom stereocenters. The van der Waals surface area contributed by atoms with Crippen molar-refractivity contribution < 1.29 is 24.9 Å². The fourth-order valence-electron chi connectivity index (χ4n) is 1.13. The van der Waals surface area contributed by atoms with Crippen LogP contribution in [0.3, 0.4) is 0 Å². The van der Waals surface area contributed by atoms with Crippen LogP contribution in [0.4, 0.5) is 0 Å². The molecule has 1 fully saturated rings. The Morgan fingerprint density at radius 1 is 1.38 bits per heavy atom. The second-order valence-electron chi connectivity index (χ2n) is 3.00. The average molecular weight is 191 g/mol. The van der Waals surface area contributed by atoms with Gasteiger partial charge >= 0.3 is 0 Å². The van der Waals surface area contributed by atoms with E-state index in [1.165, 1.54) is 6.92 Å². The molecule has 13 heavy (non-hydrogen) atoms. The molecular formula is C7H13NO5. The molecule has 1 aliphatic heterocycles. The number of hydrogen-bond donors (Lipinski definition) is 4. The molecule has 1 rings (SSSR count). The number of aliphatic hydroxyl groups excluding tert-OH is 3. The minimum atomic E-state index is -1.30. The Labute approximate surface area is 75.1 Å². The zero-order chi connectivity index (χ0) is 10.0. The van der Waals surface area contributed by atoms with Crippen LogP contribution in [0.1, 0.15) is 6.92 Å². The molecule has 0 spiro atoms. The van der Waals surface area contributed by atoms with E-state index < -0.39 is 24.5 Å². The van der Waals surface area contributed by atoms with Crippen molar-refractivity contribution in [2.24, 2.45) is 0 Å². The first-order chi connectivity index (χ1) is 6.02. The number of carbonyl (C=O) groups excluding carboxylic acids is 1. The van der Waals surface area contributed by atoms with Gasteiger partial charge in [-0.15, -0.1) is 0 Å². The number of hydrogen-bond acceptors (Lipinski definition) is 5. The van der Waals surface area contributed by atoms with Gasteiger partial charge in [-0.2, -0.15) is 0 Å². The van der Waals surface area contributed by atoms with Gasteiger partial charge in [-0.25, -0.2) is 0 Å². The van der Waals surface area contributed by atoms with Crippen LogP contribution in [-0.4, -0.2) is 52.4 Å². The molecule has 0 aromatic rings. The van der Waals surface area contributed by atoms with Gasteiger partial charge in [0, 0.05) is 6.92 Å². The Morgan fingerprint density at radius 3 is 2.54 bits per heavy atom. The first kappa shape index (κ1) is 10.4. The summed E-state index contributed by atoms with van der Waals surface area (Å²) < 4.78 is 4.89. The van der Waals surface area contributed by atoms with E-state index >= 15 is 0 Å². The van der Waals surface area contributed by atoms with Crippen molar-refractivity contribution in [3.8, 4) is 0 Å². The van der Waals surface area contributed by atoms with Gasteiger partial charge in [0.15, 0.2) is 6.23 Å². The normalized spacial score (nSPS) is 40.0. The van der Waals surface area contributed by atoms with E-state index in [4.69, 9.17) is 9.84 Å². The molecule has 76 valence electrons. The minimum Gasteiger partial charge on any atom is -0.388 e. The van der Waals surface area contributed by atoms with Gasteiger partial charge in [0.1, 0.15) is 18.3 Å². The van der Waals surface area contributed by atoms with Gasteiger partial charge in [0.05, 0.1) is 6.61 Å². The third-order valence-electron chi connectivity index (χ3n) is 1.85. The third kappa shape index (κ3) is 2.38. The van der Waals surface area contributed by atoms with Gasteiger partial charge < -0.3 is 25.4 Å². The van der Waals surface area contributed by atoms with E-state index in [0.29, 0.717) is 0 Å². The molecule has 6 heteroatoms. The summed E-state index contributed by atoms with van der Waals surface area (Å²) in [5, 5.41) is 29.9. The minimum absolute atomic E-state index is 0.108. The Bertz CT molecular complexity index is 197. The molecule has 6 nitrogen and oxygen atoms in total. The number of carbonyl (C=O) groups is 1. The van der Waals surface area contributed by atoms with Crippen molar-refractivity contribution >= 4 is 5.91 Å². The molecule has 4 atom stereocenters. The number of rotatable bonds is 1. The highest BCUT2D eigenvalue weighted by molar-refractivity contribution is 5.73. The highest BCUT2D eigenvalue weighted by Gasteiger charge is 2.37. The van der Waals surface area contributed by atoms with Crippen LogP contribution in [-0.2, 0) is 9.53 Å². The van der Waals surface area contributed by atoms with E-state index in [1.807, 2.05) is 0 Å². The Kier molecular flexibility index (Phi) is 3.21. The standard InChI is InChI=1S/C7H13NO5/c1-3(9)8-7-6(12)5(11)4(10)2-13-7/h4-7,10-12H,2H2,1H3,(H,8,9)/t4-,5+,6+,7-/m1/s1. The van der Waals surface area contributed by atoms with E-state index in [2.05, 4.69) is 5.32 Å². The second-order valence-corrected chi connectivity index (χ2v) is 3.00. The number of aliphatic hydroxyl groups is 3. The predicted molar refractivity (Wildman–Crippen MR) is 41.6 cm³/mol. The Balaban J connectivity index is 2.53. The molecule has 1 aliphatic rings. The molecule has 0 saturated carbocycles. The SMILES string of the molecule is CC(=O)N[C@@H]1OC[C@@H](O)[C@H](O)[C@@H]1O. The molecule has 0 bridgehead atoms. The van der Waals surface area contributed by atoms with Gasteiger partial charge in [-0.1, -0.05) is 0 Å². The maximum atomic E-state index is 10.6. The molecular weight excluding hydrogens is 178 g/mol. The Hall–Kier alpha value is -0.690. The van der Waals surface area contributed by atoms with Gasteiger partial charge in [0.2, 0.25) is 5.91 Å². The largest absolute Gasteiger partial charge is 0.388 e. The summed E-state index contributed by atoms with van der Waals surface area (Å²) in [7, 11) is 0. The van der Waals surface area contributed by atoms with Gasteiger partial charge in [-0.05, 0) is 0 Å². The van der Waals surface area contributed by atoms with Crippen LogP contribution < -0.4 is 5.32 Å². The summed E-state index contributed by atoms with van der Waals surface area (Å²) in [6.45, 7) is 1.16. The van der Waals surface area contributed by atoms with E-state index in [9.17, 15) is 15.0 Å². The summed E-state index contributed by atoms with van der Waals surface area (Å²) in [6, 6.07) is 0. The zero-order valence-corrected chi connectivity index (χ0v) is 7.17. The van der Waals surface area contributed by atoms with Crippen molar-refractivity contribution in [3.63, 3.8) is 0 Å².